The van der Waals surface area contributed by atoms with Crippen molar-refractivity contribution in [1.82, 2.24) is 20.9 Å². The summed E-state index contributed by atoms with van der Waals surface area (Å²) in [5, 5.41) is 9.66. The minimum Gasteiger partial charge on any atom is -0.361 e. The Kier molecular flexibility index (Phi) is 10.0. The third-order valence-corrected chi connectivity index (χ3v) is 6.09. The second-order valence-corrected chi connectivity index (χ2v) is 8.62. The van der Waals surface area contributed by atoms with Crippen LogP contribution in [-0.2, 0) is 27.2 Å². The molecule has 0 saturated heterocycles. The Labute approximate surface area is 206 Å². The molecule has 0 aliphatic heterocycles. The molecule has 8 heteroatoms. The van der Waals surface area contributed by atoms with Gasteiger partial charge in [-0.3, -0.25) is 14.4 Å². The van der Waals surface area contributed by atoms with Gasteiger partial charge in [-0.15, -0.1) is 0 Å². The van der Waals surface area contributed by atoms with Gasteiger partial charge < -0.3 is 26.7 Å². The van der Waals surface area contributed by atoms with Gasteiger partial charge in [-0.1, -0.05) is 48.5 Å². The molecule has 8 nitrogen and oxygen atoms in total. The van der Waals surface area contributed by atoms with Crippen LogP contribution in [0.1, 0.15) is 30.4 Å². The van der Waals surface area contributed by atoms with Gasteiger partial charge >= 0.3 is 0 Å². The highest BCUT2D eigenvalue weighted by molar-refractivity contribution is 5.91. The van der Waals surface area contributed by atoms with E-state index in [0.717, 1.165) is 28.5 Å². The van der Waals surface area contributed by atoms with Crippen molar-refractivity contribution in [3.63, 3.8) is 0 Å². The van der Waals surface area contributed by atoms with Crippen LogP contribution in [0.5, 0.6) is 0 Å². The number of carbonyl (C=O) groups excluding carboxylic acids is 3. The Bertz CT molecular complexity index is 1100. The number of fused-ring (bicyclic) bond motifs is 1. The second-order valence-electron chi connectivity index (χ2n) is 8.62. The van der Waals surface area contributed by atoms with Crippen LogP contribution < -0.4 is 21.7 Å². The van der Waals surface area contributed by atoms with Gasteiger partial charge in [0.25, 0.3) is 0 Å². The number of aromatic nitrogens is 1. The maximum Gasteiger partial charge on any atom is 0.243 e. The first-order chi connectivity index (χ1) is 17.0. The molecule has 0 spiro atoms. The fraction of sp³-hybridized carbons (Fsp3) is 0.370. The molecule has 1 aromatic heterocycles. The minimum atomic E-state index is -0.833. The molecular formula is C27H34N5O3. The fourth-order valence-corrected chi connectivity index (χ4v) is 4.12. The zero-order valence-electron chi connectivity index (χ0n) is 20.1. The average Bonchev–Trinajstić information content (AvgIpc) is 3.29. The topological polar surface area (TPSA) is 129 Å². The summed E-state index contributed by atoms with van der Waals surface area (Å²) in [7, 11) is 1.72. The predicted octanol–water partition coefficient (Wildman–Crippen LogP) is 1.75. The Morgan fingerprint density at radius 2 is 1.66 bits per heavy atom. The van der Waals surface area contributed by atoms with E-state index in [1.165, 1.54) is 0 Å². The molecule has 0 unspecified atom stereocenters. The number of likely N-dealkylation sites (N-methyl/N-ethyl adjacent to an activating group) is 1. The van der Waals surface area contributed by atoms with Crippen LogP contribution in [0.15, 0.2) is 60.8 Å². The van der Waals surface area contributed by atoms with Gasteiger partial charge in [0.2, 0.25) is 18.1 Å². The van der Waals surface area contributed by atoms with Gasteiger partial charge in [-0.2, -0.15) is 0 Å². The number of amides is 2. The number of unbranched alkanes of at least 4 members (excludes halogenated alkanes) is 1. The van der Waals surface area contributed by atoms with Gasteiger partial charge in [0.1, 0.15) is 6.04 Å². The molecule has 0 saturated carbocycles. The molecule has 0 aliphatic rings. The van der Waals surface area contributed by atoms with E-state index in [1.54, 1.807) is 7.05 Å². The van der Waals surface area contributed by atoms with E-state index in [0.29, 0.717) is 32.2 Å². The van der Waals surface area contributed by atoms with Crippen LogP contribution in [0.3, 0.4) is 0 Å². The lowest BCUT2D eigenvalue weighted by Crippen LogP contribution is -2.54. The Morgan fingerprint density at radius 3 is 2.37 bits per heavy atom. The lowest BCUT2D eigenvalue weighted by atomic mass is 10.0. The summed E-state index contributed by atoms with van der Waals surface area (Å²) in [4.78, 5) is 41.0. The highest BCUT2D eigenvalue weighted by Gasteiger charge is 2.27. The summed E-state index contributed by atoms with van der Waals surface area (Å²) in [6, 6.07) is 15.3. The zero-order valence-corrected chi connectivity index (χ0v) is 20.1. The predicted molar refractivity (Wildman–Crippen MR) is 137 cm³/mol. The fourth-order valence-electron chi connectivity index (χ4n) is 4.12. The van der Waals surface area contributed by atoms with E-state index in [4.69, 9.17) is 5.73 Å². The molecular weight excluding hydrogens is 442 g/mol. The summed E-state index contributed by atoms with van der Waals surface area (Å²) >= 11 is 0. The van der Waals surface area contributed by atoms with Crippen molar-refractivity contribution in [3.05, 3.63) is 71.9 Å². The second kappa shape index (κ2) is 13.4. The van der Waals surface area contributed by atoms with E-state index in [1.807, 2.05) is 67.1 Å². The molecule has 3 rings (SSSR count). The Hall–Kier alpha value is -3.49. The third-order valence-electron chi connectivity index (χ3n) is 6.09. The highest BCUT2D eigenvalue weighted by atomic mass is 16.2. The molecule has 0 bridgehead atoms. The Morgan fingerprint density at radius 1 is 0.943 bits per heavy atom. The van der Waals surface area contributed by atoms with Gasteiger partial charge in [0.05, 0.1) is 12.1 Å². The van der Waals surface area contributed by atoms with E-state index >= 15 is 0 Å². The van der Waals surface area contributed by atoms with Crippen LogP contribution in [-0.4, -0.2) is 54.8 Å². The smallest absolute Gasteiger partial charge is 0.243 e. The molecule has 0 fully saturated rings. The van der Waals surface area contributed by atoms with Crippen molar-refractivity contribution in [2.24, 2.45) is 5.73 Å². The number of hydrogen-bond acceptors (Lipinski definition) is 5. The zero-order chi connectivity index (χ0) is 25.0. The molecule has 35 heavy (non-hydrogen) atoms. The summed E-state index contributed by atoms with van der Waals surface area (Å²) < 4.78 is 0. The monoisotopic (exact) mass is 476 g/mol. The van der Waals surface area contributed by atoms with Crippen molar-refractivity contribution < 1.29 is 14.4 Å². The molecule has 1 radical (unpaired) electrons. The van der Waals surface area contributed by atoms with Crippen LogP contribution in [0.4, 0.5) is 0 Å². The number of hydrogen-bond donors (Lipinski definition) is 5. The van der Waals surface area contributed by atoms with Crippen LogP contribution in [0.2, 0.25) is 0 Å². The van der Waals surface area contributed by atoms with Crippen LogP contribution in [0, 0.1) is 0 Å². The number of benzene rings is 2. The van der Waals surface area contributed by atoms with Crippen LogP contribution >= 0.6 is 0 Å². The lowest BCUT2D eigenvalue weighted by Gasteiger charge is -2.23. The molecule has 2 aromatic carbocycles. The Balaban J connectivity index is 1.66. The minimum absolute atomic E-state index is 0.271. The first-order valence-electron chi connectivity index (χ1n) is 12.0. The maximum atomic E-state index is 13.1. The summed E-state index contributed by atoms with van der Waals surface area (Å²) in [5.74, 6) is -0.675. The van der Waals surface area contributed by atoms with Crippen molar-refractivity contribution in [2.75, 3.05) is 13.6 Å². The van der Waals surface area contributed by atoms with Crippen LogP contribution in [0.25, 0.3) is 10.9 Å². The van der Waals surface area contributed by atoms with Crippen molar-refractivity contribution in [2.45, 2.75) is 50.2 Å². The number of rotatable bonds is 14. The van der Waals surface area contributed by atoms with Crippen molar-refractivity contribution in [1.29, 1.82) is 0 Å². The molecule has 1 heterocycles. The number of nitrogens with two attached hydrogens (primary N) is 1. The first-order valence-corrected chi connectivity index (χ1v) is 12.0. The third kappa shape index (κ3) is 7.50. The SMILES string of the molecule is CN[C@@H](Cc1ccccc1)C(=O)N[C@@H](CCCCN)C(=O)N[C@H]([C]=O)Cc1c[nH]c2ccccc12. The molecule has 6 N–H and O–H groups in total. The van der Waals surface area contributed by atoms with Gasteiger partial charge in [0.15, 0.2) is 0 Å². The van der Waals surface area contributed by atoms with Crippen molar-refractivity contribution >= 4 is 29.0 Å². The van der Waals surface area contributed by atoms with Gasteiger partial charge in [-0.25, -0.2) is 0 Å². The van der Waals surface area contributed by atoms with Gasteiger partial charge in [-0.05, 0) is 56.5 Å². The maximum absolute atomic E-state index is 13.1. The molecule has 3 aromatic rings. The van der Waals surface area contributed by atoms with E-state index in [-0.39, 0.29) is 5.91 Å². The summed E-state index contributed by atoms with van der Waals surface area (Å²) in [5.41, 5.74) is 8.51. The van der Waals surface area contributed by atoms with Gasteiger partial charge in [0, 0.05) is 23.5 Å². The summed E-state index contributed by atoms with van der Waals surface area (Å²) in [6.45, 7) is 0.501. The summed E-state index contributed by atoms with van der Waals surface area (Å²) in [6.07, 6.45) is 6.40. The quantitative estimate of drug-likeness (QED) is 0.226. The van der Waals surface area contributed by atoms with E-state index in [2.05, 4.69) is 20.9 Å². The number of aromatic amines is 1. The highest BCUT2D eigenvalue weighted by Crippen LogP contribution is 2.19. The van der Waals surface area contributed by atoms with E-state index in [9.17, 15) is 14.4 Å². The largest absolute Gasteiger partial charge is 0.361 e. The normalized spacial score (nSPS) is 13.7. The molecule has 0 aliphatic carbocycles. The van der Waals surface area contributed by atoms with Crippen molar-refractivity contribution in [3.8, 4) is 0 Å². The first kappa shape index (κ1) is 26.1. The molecule has 185 valence electrons. The average molecular weight is 477 g/mol. The number of H-pyrrole nitrogens is 1. The molecule has 3 atom stereocenters. The number of carbonyl (C=O) groups is 2. The number of para-hydroxylation sites is 1. The van der Waals surface area contributed by atoms with E-state index < -0.39 is 24.0 Å². The lowest BCUT2D eigenvalue weighted by molar-refractivity contribution is -0.130. The number of nitrogens with one attached hydrogen (secondary N) is 4. The standard InChI is InChI=1S/C27H34N5O3/c1-29-25(15-19-9-3-2-4-10-19)27(35)32-24(13-7-8-14-28)26(34)31-21(18-33)16-20-17-30-23-12-6-5-11-22(20)23/h2-6,9-12,17,21,24-25,29-30H,7-8,13-16,28H2,1H3,(H,31,34)(H,32,35)/t21-,24-,25-/m0/s1. The molecule has 2 amide bonds.